The van der Waals surface area contributed by atoms with Crippen molar-refractivity contribution >= 4 is 11.3 Å². The molecule has 3 heteroatoms. The van der Waals surface area contributed by atoms with Gasteiger partial charge in [-0.05, 0) is 42.2 Å². The molecule has 2 rings (SSSR count). The van der Waals surface area contributed by atoms with Crippen LogP contribution >= 0.6 is 11.3 Å². The van der Waals surface area contributed by atoms with Gasteiger partial charge in [-0.15, -0.1) is 11.3 Å². The van der Waals surface area contributed by atoms with Crippen LogP contribution in [0.1, 0.15) is 40.6 Å². The highest BCUT2D eigenvalue weighted by molar-refractivity contribution is 7.12. The summed E-state index contributed by atoms with van der Waals surface area (Å²) in [6, 6.07) is 10.4. The minimum Gasteiger partial charge on any atom is -0.488 e. The molecule has 0 saturated carbocycles. The van der Waals surface area contributed by atoms with Gasteiger partial charge < -0.3 is 9.84 Å². The van der Waals surface area contributed by atoms with Crippen molar-refractivity contribution in [3.05, 3.63) is 51.2 Å². The summed E-state index contributed by atoms with van der Waals surface area (Å²) in [7, 11) is 0. The molecule has 21 heavy (non-hydrogen) atoms. The Morgan fingerprint density at radius 1 is 1.24 bits per heavy atom. The number of aliphatic hydroxyl groups is 1. The Balaban J connectivity index is 2.05. The Morgan fingerprint density at radius 2 is 2.05 bits per heavy atom. The smallest absolute Gasteiger partial charge is 0.123 e. The zero-order valence-corrected chi connectivity index (χ0v) is 13.5. The summed E-state index contributed by atoms with van der Waals surface area (Å²) in [6.07, 6.45) is 0. The fourth-order valence-electron chi connectivity index (χ4n) is 1.93. The summed E-state index contributed by atoms with van der Waals surface area (Å²) in [5.41, 5.74) is 2.44. The van der Waals surface area contributed by atoms with E-state index in [0.29, 0.717) is 12.5 Å². The normalized spacial score (nSPS) is 10.3. The van der Waals surface area contributed by atoms with Crippen LogP contribution in [0.5, 0.6) is 5.75 Å². The molecule has 0 spiro atoms. The van der Waals surface area contributed by atoms with Crippen LogP contribution in [0.4, 0.5) is 0 Å². The van der Waals surface area contributed by atoms with Crippen LogP contribution in [0.2, 0.25) is 0 Å². The second-order valence-corrected chi connectivity index (χ2v) is 6.36. The van der Waals surface area contributed by atoms with Gasteiger partial charge in [-0.2, -0.15) is 0 Å². The van der Waals surface area contributed by atoms with Crippen molar-refractivity contribution in [2.45, 2.75) is 33.3 Å². The molecule has 0 radical (unpaired) electrons. The number of thiophene rings is 1. The number of hydrogen-bond donors (Lipinski definition) is 1. The summed E-state index contributed by atoms with van der Waals surface area (Å²) >= 11 is 1.60. The Morgan fingerprint density at radius 3 is 2.76 bits per heavy atom. The van der Waals surface area contributed by atoms with Gasteiger partial charge in [0, 0.05) is 4.88 Å². The number of hydrogen-bond acceptors (Lipinski definition) is 3. The minimum atomic E-state index is -0.106. The number of aryl methyl sites for hydroxylation is 1. The Kier molecular flexibility index (Phi) is 5.44. The molecule has 0 unspecified atom stereocenters. The first-order valence-corrected chi connectivity index (χ1v) is 7.83. The molecular formula is C18H20O2S. The average molecular weight is 300 g/mol. The van der Waals surface area contributed by atoms with Gasteiger partial charge in [0.15, 0.2) is 0 Å². The summed E-state index contributed by atoms with van der Waals surface area (Å²) in [6.45, 7) is 6.87. The van der Waals surface area contributed by atoms with Crippen LogP contribution in [-0.2, 0) is 6.61 Å². The highest BCUT2D eigenvalue weighted by Gasteiger charge is 2.06. The number of benzene rings is 1. The molecule has 0 saturated heterocycles. The van der Waals surface area contributed by atoms with Gasteiger partial charge in [0.2, 0.25) is 0 Å². The van der Waals surface area contributed by atoms with E-state index < -0.39 is 0 Å². The van der Waals surface area contributed by atoms with Gasteiger partial charge in [-0.3, -0.25) is 0 Å². The van der Waals surface area contributed by atoms with Crippen molar-refractivity contribution in [1.82, 2.24) is 0 Å². The molecule has 0 aliphatic carbocycles. The molecule has 0 atom stereocenters. The molecule has 1 heterocycles. The molecule has 110 valence electrons. The summed E-state index contributed by atoms with van der Waals surface area (Å²) < 4.78 is 5.94. The first-order chi connectivity index (χ1) is 10.1. The maximum atomic E-state index is 8.69. The molecule has 0 aliphatic rings. The van der Waals surface area contributed by atoms with E-state index in [2.05, 4.69) is 50.8 Å². The van der Waals surface area contributed by atoms with Crippen LogP contribution < -0.4 is 4.74 Å². The first-order valence-electron chi connectivity index (χ1n) is 7.02. The summed E-state index contributed by atoms with van der Waals surface area (Å²) in [5.74, 6) is 7.00. The largest absolute Gasteiger partial charge is 0.488 e. The lowest BCUT2D eigenvalue weighted by Crippen LogP contribution is -1.97. The topological polar surface area (TPSA) is 29.5 Å². The summed E-state index contributed by atoms with van der Waals surface area (Å²) in [5, 5.41) is 8.69. The third-order valence-corrected chi connectivity index (χ3v) is 4.18. The Bertz CT molecular complexity index is 659. The molecule has 2 nitrogen and oxygen atoms in total. The molecule has 2 aromatic rings. The standard InChI is InChI=1S/C18H20O2S/c1-13(2)15-7-6-14(3)18(11-15)20-12-17-9-8-16(21-17)5-4-10-19/h6-9,11,13,19H,10,12H2,1-3H3. The van der Waals surface area contributed by atoms with E-state index in [-0.39, 0.29) is 6.61 Å². The van der Waals surface area contributed by atoms with Gasteiger partial charge in [-0.1, -0.05) is 37.8 Å². The molecule has 1 N–H and O–H groups in total. The predicted molar refractivity (Wildman–Crippen MR) is 87.9 cm³/mol. The van der Waals surface area contributed by atoms with E-state index in [4.69, 9.17) is 9.84 Å². The molecule has 0 amide bonds. The molecular weight excluding hydrogens is 280 g/mol. The van der Waals surface area contributed by atoms with E-state index in [1.165, 1.54) is 5.56 Å². The fraction of sp³-hybridized carbons (Fsp3) is 0.333. The number of rotatable bonds is 4. The highest BCUT2D eigenvalue weighted by atomic mass is 32.1. The second-order valence-electron chi connectivity index (χ2n) is 5.19. The second kappa shape index (κ2) is 7.31. The van der Waals surface area contributed by atoms with Crippen molar-refractivity contribution in [1.29, 1.82) is 0 Å². The highest BCUT2D eigenvalue weighted by Crippen LogP contribution is 2.26. The van der Waals surface area contributed by atoms with Crippen LogP contribution in [-0.4, -0.2) is 11.7 Å². The lowest BCUT2D eigenvalue weighted by molar-refractivity contribution is 0.307. The lowest BCUT2D eigenvalue weighted by Gasteiger charge is -2.12. The Hall–Kier alpha value is -1.76. The van der Waals surface area contributed by atoms with Crippen molar-refractivity contribution in [2.24, 2.45) is 0 Å². The van der Waals surface area contributed by atoms with Crippen molar-refractivity contribution in [2.75, 3.05) is 6.61 Å². The zero-order chi connectivity index (χ0) is 15.2. The summed E-state index contributed by atoms with van der Waals surface area (Å²) in [4.78, 5) is 2.09. The van der Waals surface area contributed by atoms with Gasteiger partial charge in [-0.25, -0.2) is 0 Å². The lowest BCUT2D eigenvalue weighted by atomic mass is 10.0. The predicted octanol–water partition coefficient (Wildman–Crippen LogP) is 4.10. The SMILES string of the molecule is Cc1ccc(C(C)C)cc1OCc1ccc(C#CCO)s1. The van der Waals surface area contributed by atoms with Crippen LogP contribution in [0.25, 0.3) is 0 Å². The maximum absolute atomic E-state index is 8.69. The van der Waals surface area contributed by atoms with Crippen molar-refractivity contribution in [3.8, 4) is 17.6 Å². The monoisotopic (exact) mass is 300 g/mol. The molecule has 1 aromatic carbocycles. The van der Waals surface area contributed by atoms with E-state index in [1.807, 2.05) is 12.1 Å². The van der Waals surface area contributed by atoms with Crippen LogP contribution in [0.3, 0.4) is 0 Å². The average Bonchev–Trinajstić information content (AvgIpc) is 2.92. The van der Waals surface area contributed by atoms with Gasteiger partial charge in [0.1, 0.15) is 19.0 Å². The third kappa shape index (κ3) is 4.35. The van der Waals surface area contributed by atoms with E-state index in [9.17, 15) is 0 Å². The van der Waals surface area contributed by atoms with Crippen LogP contribution in [0, 0.1) is 18.8 Å². The van der Waals surface area contributed by atoms with Crippen molar-refractivity contribution < 1.29 is 9.84 Å². The van der Waals surface area contributed by atoms with Gasteiger partial charge >= 0.3 is 0 Å². The maximum Gasteiger partial charge on any atom is 0.123 e. The minimum absolute atomic E-state index is 0.106. The van der Waals surface area contributed by atoms with Crippen molar-refractivity contribution in [3.63, 3.8) is 0 Å². The zero-order valence-electron chi connectivity index (χ0n) is 12.6. The fourth-order valence-corrected chi connectivity index (χ4v) is 2.73. The van der Waals surface area contributed by atoms with E-state index >= 15 is 0 Å². The quantitative estimate of drug-likeness (QED) is 0.861. The van der Waals surface area contributed by atoms with Gasteiger partial charge in [0.05, 0.1) is 4.88 Å². The molecule has 0 aliphatic heterocycles. The number of aliphatic hydroxyl groups excluding tert-OH is 1. The first kappa shape index (κ1) is 15.6. The molecule has 1 aromatic heterocycles. The van der Waals surface area contributed by atoms with E-state index in [1.54, 1.807) is 11.3 Å². The Labute approximate surface area is 130 Å². The van der Waals surface area contributed by atoms with Gasteiger partial charge in [0.25, 0.3) is 0 Å². The van der Waals surface area contributed by atoms with E-state index in [0.717, 1.165) is 21.1 Å². The third-order valence-electron chi connectivity index (χ3n) is 3.20. The molecule has 0 bridgehead atoms. The van der Waals surface area contributed by atoms with Crippen LogP contribution in [0.15, 0.2) is 30.3 Å². The number of ether oxygens (including phenoxy) is 1. The molecule has 0 fully saturated rings.